The van der Waals surface area contributed by atoms with Crippen LogP contribution in [0.1, 0.15) is 34.1 Å². The van der Waals surface area contributed by atoms with Crippen molar-refractivity contribution < 1.29 is 0 Å². The molecule has 0 spiro atoms. The molecule has 44 valence electrons. The van der Waals surface area contributed by atoms with Crippen LogP contribution in [0.4, 0.5) is 0 Å². The highest BCUT2D eigenvalue weighted by molar-refractivity contribution is 4.52. The van der Waals surface area contributed by atoms with Crippen molar-refractivity contribution in [1.29, 1.82) is 0 Å². The van der Waals surface area contributed by atoms with Gasteiger partial charge in [-0.25, -0.2) is 0 Å². The monoisotopic (exact) mass is 100 g/mol. The first kappa shape index (κ1) is 7.00. The van der Waals surface area contributed by atoms with Crippen molar-refractivity contribution >= 4 is 0 Å². The topological polar surface area (TPSA) is 0 Å². The SMILES string of the molecule is CC[C@H](C)C(C)C. The molecule has 0 aliphatic carbocycles. The lowest BCUT2D eigenvalue weighted by molar-refractivity contribution is 0.407. The largest absolute Gasteiger partial charge is 0.0651 e. The zero-order chi connectivity index (χ0) is 5.86. The van der Waals surface area contributed by atoms with Crippen LogP contribution in [-0.2, 0) is 0 Å². The molecule has 0 unspecified atom stereocenters. The van der Waals surface area contributed by atoms with Crippen molar-refractivity contribution in [3.8, 4) is 0 Å². The maximum Gasteiger partial charge on any atom is -0.0422 e. The average Bonchev–Trinajstić information content (AvgIpc) is 1.65. The van der Waals surface area contributed by atoms with E-state index in [9.17, 15) is 0 Å². The normalized spacial score (nSPS) is 15.0. The predicted molar refractivity (Wildman–Crippen MR) is 34.3 cm³/mol. The van der Waals surface area contributed by atoms with Gasteiger partial charge in [-0.15, -0.1) is 0 Å². The molecule has 0 aliphatic rings. The van der Waals surface area contributed by atoms with Crippen molar-refractivity contribution in [2.45, 2.75) is 34.1 Å². The predicted octanol–water partition coefficient (Wildman–Crippen LogP) is 2.69. The lowest BCUT2D eigenvalue weighted by Crippen LogP contribution is -2.00. The minimum Gasteiger partial charge on any atom is -0.0651 e. The van der Waals surface area contributed by atoms with E-state index in [2.05, 4.69) is 27.7 Å². The molecule has 1 atom stereocenters. The average molecular weight is 100 g/mol. The van der Waals surface area contributed by atoms with E-state index in [1.165, 1.54) is 6.42 Å². The van der Waals surface area contributed by atoms with E-state index in [4.69, 9.17) is 0 Å². The van der Waals surface area contributed by atoms with Gasteiger partial charge >= 0.3 is 0 Å². The van der Waals surface area contributed by atoms with E-state index in [0.717, 1.165) is 11.8 Å². The van der Waals surface area contributed by atoms with Gasteiger partial charge in [0.05, 0.1) is 0 Å². The molecule has 0 N–H and O–H groups in total. The van der Waals surface area contributed by atoms with Gasteiger partial charge in [0.2, 0.25) is 0 Å². The van der Waals surface area contributed by atoms with Gasteiger partial charge in [-0.1, -0.05) is 34.1 Å². The van der Waals surface area contributed by atoms with Gasteiger partial charge in [0.15, 0.2) is 0 Å². The van der Waals surface area contributed by atoms with Crippen LogP contribution in [0.15, 0.2) is 0 Å². The lowest BCUT2D eigenvalue weighted by Gasteiger charge is -2.10. The Balaban J connectivity index is 3.14. The summed E-state index contributed by atoms with van der Waals surface area (Å²) in [6.07, 6.45) is 1.32. The summed E-state index contributed by atoms with van der Waals surface area (Å²) in [6.45, 7) is 9.08. The first-order chi connectivity index (χ1) is 3.18. The Bertz CT molecular complexity index is 37.3. The molecule has 0 aliphatic heterocycles. The van der Waals surface area contributed by atoms with Crippen LogP contribution >= 0.6 is 0 Å². The molecule has 0 aromatic heterocycles. The maximum absolute atomic E-state index is 2.30. The molecule has 0 rings (SSSR count). The van der Waals surface area contributed by atoms with Crippen LogP contribution < -0.4 is 0 Å². The molecule has 0 bridgehead atoms. The molecule has 0 aromatic carbocycles. The van der Waals surface area contributed by atoms with Gasteiger partial charge < -0.3 is 0 Å². The number of rotatable bonds is 2. The van der Waals surface area contributed by atoms with E-state index >= 15 is 0 Å². The third-order valence-corrected chi connectivity index (χ3v) is 1.78. The van der Waals surface area contributed by atoms with Gasteiger partial charge in [-0.2, -0.15) is 0 Å². The van der Waals surface area contributed by atoms with Crippen molar-refractivity contribution in [2.24, 2.45) is 11.8 Å². The summed E-state index contributed by atoms with van der Waals surface area (Å²) in [5.41, 5.74) is 0. The van der Waals surface area contributed by atoms with Crippen LogP contribution in [-0.4, -0.2) is 0 Å². The third-order valence-electron chi connectivity index (χ3n) is 1.78. The van der Waals surface area contributed by atoms with Crippen LogP contribution in [0.5, 0.6) is 0 Å². The fraction of sp³-hybridized carbons (Fsp3) is 1.00. The van der Waals surface area contributed by atoms with Gasteiger partial charge in [-0.3, -0.25) is 0 Å². The maximum atomic E-state index is 2.30. The summed E-state index contributed by atoms with van der Waals surface area (Å²) in [7, 11) is 0. The first-order valence-electron chi connectivity index (χ1n) is 3.18. The Morgan fingerprint density at radius 3 is 1.57 bits per heavy atom. The van der Waals surface area contributed by atoms with E-state index in [1.54, 1.807) is 0 Å². The van der Waals surface area contributed by atoms with Gasteiger partial charge in [0, 0.05) is 0 Å². The Hall–Kier alpha value is 0. The highest BCUT2D eigenvalue weighted by atomic mass is 14.1. The number of hydrogen-bond acceptors (Lipinski definition) is 0. The fourth-order valence-electron chi connectivity index (χ4n) is 0.471. The van der Waals surface area contributed by atoms with Gasteiger partial charge in [-0.05, 0) is 11.8 Å². The van der Waals surface area contributed by atoms with Crippen LogP contribution in [0.25, 0.3) is 0 Å². The molecule has 0 radical (unpaired) electrons. The standard InChI is InChI=1S/C7H16/c1-5-7(4)6(2)3/h6-7H,5H2,1-4H3/t7-/m0/s1. The zero-order valence-corrected chi connectivity index (χ0v) is 5.86. The molecule has 0 aromatic rings. The molecule has 0 heterocycles. The molecule has 0 amide bonds. The first-order valence-corrected chi connectivity index (χ1v) is 3.18. The molecule has 0 fully saturated rings. The Labute approximate surface area is 46.9 Å². The summed E-state index contributed by atoms with van der Waals surface area (Å²) in [5, 5.41) is 0. The summed E-state index contributed by atoms with van der Waals surface area (Å²) in [4.78, 5) is 0. The van der Waals surface area contributed by atoms with Crippen molar-refractivity contribution in [2.75, 3.05) is 0 Å². The second-order valence-electron chi connectivity index (χ2n) is 2.63. The fourth-order valence-corrected chi connectivity index (χ4v) is 0.471. The van der Waals surface area contributed by atoms with E-state index in [0.29, 0.717) is 0 Å². The van der Waals surface area contributed by atoms with Crippen molar-refractivity contribution in [3.05, 3.63) is 0 Å². The smallest absolute Gasteiger partial charge is 0.0422 e. The molecular weight excluding hydrogens is 84.1 g/mol. The minimum atomic E-state index is 0.866. The second-order valence-corrected chi connectivity index (χ2v) is 2.63. The minimum absolute atomic E-state index is 0.866. The van der Waals surface area contributed by atoms with E-state index in [-0.39, 0.29) is 0 Å². The Morgan fingerprint density at radius 1 is 1.14 bits per heavy atom. The summed E-state index contributed by atoms with van der Waals surface area (Å²) < 4.78 is 0. The Kier molecular flexibility index (Phi) is 3.06. The molecule has 0 saturated heterocycles. The van der Waals surface area contributed by atoms with E-state index in [1.807, 2.05) is 0 Å². The zero-order valence-electron chi connectivity index (χ0n) is 5.86. The van der Waals surface area contributed by atoms with Crippen LogP contribution in [0.3, 0.4) is 0 Å². The lowest BCUT2D eigenvalue weighted by atomic mass is 9.96. The third kappa shape index (κ3) is 2.67. The van der Waals surface area contributed by atoms with Crippen molar-refractivity contribution in [3.63, 3.8) is 0 Å². The quantitative estimate of drug-likeness (QED) is 0.500. The second kappa shape index (κ2) is 3.06. The molecule has 0 heteroatoms. The molecular formula is C7H16. The molecule has 7 heavy (non-hydrogen) atoms. The van der Waals surface area contributed by atoms with Gasteiger partial charge in [0.25, 0.3) is 0 Å². The summed E-state index contributed by atoms with van der Waals surface area (Å²) >= 11 is 0. The summed E-state index contributed by atoms with van der Waals surface area (Å²) in [6, 6.07) is 0. The van der Waals surface area contributed by atoms with Crippen LogP contribution in [0.2, 0.25) is 0 Å². The van der Waals surface area contributed by atoms with Crippen molar-refractivity contribution in [1.82, 2.24) is 0 Å². The van der Waals surface area contributed by atoms with Gasteiger partial charge in [0.1, 0.15) is 0 Å². The number of hydrogen-bond donors (Lipinski definition) is 0. The summed E-state index contributed by atoms with van der Waals surface area (Å²) in [5.74, 6) is 1.77. The van der Waals surface area contributed by atoms with E-state index < -0.39 is 0 Å². The Morgan fingerprint density at radius 2 is 1.57 bits per heavy atom. The highest BCUT2D eigenvalue weighted by Crippen LogP contribution is 2.11. The van der Waals surface area contributed by atoms with Crippen LogP contribution in [0, 0.1) is 11.8 Å². The molecule has 0 nitrogen and oxygen atoms in total. The molecule has 0 saturated carbocycles. The highest BCUT2D eigenvalue weighted by Gasteiger charge is 2.01.